The highest BCUT2D eigenvalue weighted by Crippen LogP contribution is 2.30. The van der Waals surface area contributed by atoms with E-state index >= 15 is 0 Å². The van der Waals surface area contributed by atoms with Crippen molar-refractivity contribution < 1.29 is 0 Å². The van der Waals surface area contributed by atoms with Crippen LogP contribution in [0, 0.1) is 5.41 Å². The lowest BCUT2D eigenvalue weighted by atomic mass is 10.2. The Balaban J connectivity index is 1.99. The predicted octanol–water partition coefficient (Wildman–Crippen LogP) is 2.49. The van der Waals surface area contributed by atoms with Gasteiger partial charge in [0.15, 0.2) is 0 Å². The molecule has 0 aliphatic carbocycles. The molecule has 2 heterocycles. The molecule has 1 aliphatic heterocycles. The van der Waals surface area contributed by atoms with Gasteiger partial charge < -0.3 is 14.9 Å². The van der Waals surface area contributed by atoms with E-state index in [2.05, 4.69) is 38.5 Å². The zero-order valence-corrected chi connectivity index (χ0v) is 11.4. The van der Waals surface area contributed by atoms with Crippen LogP contribution in [0.4, 0.5) is 5.82 Å². The minimum atomic E-state index is -0.259. The van der Waals surface area contributed by atoms with Gasteiger partial charge in [-0.05, 0) is 12.5 Å². The molecule has 1 N–H and O–H groups in total. The van der Waals surface area contributed by atoms with Gasteiger partial charge in [-0.25, -0.2) is 4.98 Å². The van der Waals surface area contributed by atoms with Crippen LogP contribution in [0.1, 0.15) is 24.2 Å². The number of hydrogen-bond donors (Lipinski definition) is 1. The Morgan fingerprint density at radius 3 is 2.80 bits per heavy atom. The van der Waals surface area contributed by atoms with Gasteiger partial charge in [0.1, 0.15) is 17.6 Å². The first-order chi connectivity index (χ1) is 9.83. The zero-order chi connectivity index (χ0) is 13.9. The van der Waals surface area contributed by atoms with Crippen molar-refractivity contribution in [1.82, 2.24) is 9.55 Å². The van der Waals surface area contributed by atoms with Crippen LogP contribution in [0.15, 0.2) is 41.7 Å². The Bertz CT molecular complexity index is 629. The molecule has 0 radical (unpaired) electrons. The zero-order valence-electron chi connectivity index (χ0n) is 11.4. The third-order valence-electron chi connectivity index (χ3n) is 3.45. The van der Waals surface area contributed by atoms with Gasteiger partial charge in [0.05, 0.1) is 19.2 Å². The Kier molecular flexibility index (Phi) is 3.33. The maximum absolute atomic E-state index is 7.47. The minimum Gasteiger partial charge on any atom is -0.317 e. The van der Waals surface area contributed by atoms with Crippen molar-refractivity contribution in [3.63, 3.8) is 0 Å². The molecule has 102 valence electrons. The van der Waals surface area contributed by atoms with E-state index in [0.29, 0.717) is 0 Å². The number of nitrogens with one attached hydrogen (secondary N) is 1. The summed E-state index contributed by atoms with van der Waals surface area (Å²) in [5.41, 5.74) is 2.10. The summed E-state index contributed by atoms with van der Waals surface area (Å²) in [6.45, 7) is 3.69. The Morgan fingerprint density at radius 1 is 1.30 bits per heavy atom. The normalized spacial score (nSPS) is 17.1. The van der Waals surface area contributed by atoms with Gasteiger partial charge in [0.2, 0.25) is 0 Å². The third kappa shape index (κ3) is 2.11. The average Bonchev–Trinajstić information content (AvgIpc) is 2.91. The summed E-state index contributed by atoms with van der Waals surface area (Å²) in [7, 11) is 0. The second-order valence-corrected chi connectivity index (χ2v) is 4.73. The first-order valence-electron chi connectivity index (χ1n) is 6.73. The van der Waals surface area contributed by atoms with E-state index in [1.165, 1.54) is 11.8 Å². The number of nitrogens with zero attached hydrogens (tertiary/aromatic N) is 4. The Hall–Kier alpha value is -2.43. The van der Waals surface area contributed by atoms with Crippen molar-refractivity contribution >= 4 is 18.4 Å². The summed E-state index contributed by atoms with van der Waals surface area (Å²) in [6, 6.07) is 10.0. The topological polar surface area (TPSA) is 57.3 Å². The van der Waals surface area contributed by atoms with E-state index in [9.17, 15) is 0 Å². The van der Waals surface area contributed by atoms with Gasteiger partial charge >= 0.3 is 0 Å². The molecule has 2 aromatic rings. The smallest absolute Gasteiger partial charge is 0.140 e. The lowest BCUT2D eigenvalue weighted by molar-refractivity contribution is 0.773. The Morgan fingerprint density at radius 2 is 2.10 bits per heavy atom. The largest absolute Gasteiger partial charge is 0.317 e. The van der Waals surface area contributed by atoms with Crippen LogP contribution in [0.2, 0.25) is 0 Å². The summed E-state index contributed by atoms with van der Waals surface area (Å²) in [5, 5.41) is 7.47. The molecule has 1 atom stereocenters. The molecule has 5 heteroatoms. The molecule has 1 aromatic heterocycles. The van der Waals surface area contributed by atoms with Crippen LogP contribution in [0.25, 0.3) is 0 Å². The van der Waals surface area contributed by atoms with Crippen molar-refractivity contribution in [2.24, 2.45) is 4.99 Å². The number of rotatable bonds is 4. The quantitative estimate of drug-likeness (QED) is 0.865. The maximum Gasteiger partial charge on any atom is 0.140 e. The molecule has 0 spiro atoms. The van der Waals surface area contributed by atoms with Gasteiger partial charge in [-0.1, -0.05) is 30.3 Å². The van der Waals surface area contributed by atoms with Crippen molar-refractivity contribution in [2.45, 2.75) is 19.5 Å². The molecule has 0 saturated heterocycles. The SMILES string of the molecule is CCN1C=NC(C=N)c2ncn(Cc3ccccc3)c21. The fourth-order valence-corrected chi connectivity index (χ4v) is 2.44. The molecule has 5 nitrogen and oxygen atoms in total. The fraction of sp³-hybridized carbons (Fsp3) is 0.267. The lowest BCUT2D eigenvalue weighted by Gasteiger charge is -2.25. The average molecular weight is 267 g/mol. The first-order valence-corrected chi connectivity index (χ1v) is 6.73. The standard InChI is InChI=1S/C15H17N5/c1-2-19-10-17-13(8-16)14-15(19)20(11-18-14)9-12-6-4-3-5-7-12/h3-8,10-11,13,16H,2,9H2,1H3. The number of anilines is 1. The summed E-state index contributed by atoms with van der Waals surface area (Å²) in [5.74, 6) is 1.04. The van der Waals surface area contributed by atoms with Crippen LogP contribution in [-0.4, -0.2) is 28.6 Å². The van der Waals surface area contributed by atoms with Crippen LogP contribution < -0.4 is 4.90 Å². The van der Waals surface area contributed by atoms with Crippen LogP contribution in [-0.2, 0) is 6.54 Å². The number of fused-ring (bicyclic) bond motifs is 1. The van der Waals surface area contributed by atoms with E-state index in [4.69, 9.17) is 5.41 Å². The van der Waals surface area contributed by atoms with Gasteiger partial charge in [-0.15, -0.1) is 0 Å². The highest BCUT2D eigenvalue weighted by molar-refractivity contribution is 5.85. The summed E-state index contributed by atoms with van der Waals surface area (Å²) in [4.78, 5) is 10.9. The summed E-state index contributed by atoms with van der Waals surface area (Å²) in [6.07, 6.45) is 4.98. The van der Waals surface area contributed by atoms with Gasteiger partial charge in [0, 0.05) is 12.8 Å². The number of aromatic nitrogens is 2. The maximum atomic E-state index is 7.47. The second-order valence-electron chi connectivity index (χ2n) is 4.73. The van der Waals surface area contributed by atoms with E-state index in [1.807, 2.05) is 24.5 Å². The van der Waals surface area contributed by atoms with Crippen molar-refractivity contribution in [3.8, 4) is 0 Å². The molecule has 1 aliphatic rings. The highest BCUT2D eigenvalue weighted by atomic mass is 15.3. The monoisotopic (exact) mass is 267 g/mol. The van der Waals surface area contributed by atoms with Crippen LogP contribution in [0.5, 0.6) is 0 Å². The second kappa shape index (κ2) is 5.28. The summed E-state index contributed by atoms with van der Waals surface area (Å²) < 4.78 is 2.12. The van der Waals surface area contributed by atoms with E-state index in [1.54, 1.807) is 6.34 Å². The van der Waals surface area contributed by atoms with E-state index in [-0.39, 0.29) is 6.04 Å². The molecule has 1 unspecified atom stereocenters. The van der Waals surface area contributed by atoms with Gasteiger partial charge in [0.25, 0.3) is 0 Å². The van der Waals surface area contributed by atoms with Crippen molar-refractivity contribution in [1.29, 1.82) is 5.41 Å². The number of hydrogen-bond acceptors (Lipinski definition) is 4. The molecule has 0 amide bonds. The van der Waals surface area contributed by atoms with E-state index in [0.717, 1.165) is 24.6 Å². The molecule has 0 saturated carbocycles. The van der Waals surface area contributed by atoms with Crippen molar-refractivity contribution in [3.05, 3.63) is 47.9 Å². The van der Waals surface area contributed by atoms with Crippen molar-refractivity contribution in [2.75, 3.05) is 11.4 Å². The number of imidazole rings is 1. The predicted molar refractivity (Wildman–Crippen MR) is 80.8 cm³/mol. The third-order valence-corrected chi connectivity index (χ3v) is 3.45. The Labute approximate surface area is 118 Å². The molecular formula is C15H17N5. The van der Waals surface area contributed by atoms with Crippen LogP contribution >= 0.6 is 0 Å². The molecule has 20 heavy (non-hydrogen) atoms. The fourth-order valence-electron chi connectivity index (χ4n) is 2.44. The molecular weight excluding hydrogens is 250 g/mol. The number of benzene rings is 1. The molecule has 0 fully saturated rings. The highest BCUT2D eigenvalue weighted by Gasteiger charge is 2.25. The molecule has 3 rings (SSSR count). The van der Waals surface area contributed by atoms with Crippen LogP contribution in [0.3, 0.4) is 0 Å². The summed E-state index contributed by atoms with van der Waals surface area (Å²) >= 11 is 0. The molecule has 0 bridgehead atoms. The van der Waals surface area contributed by atoms with E-state index < -0.39 is 0 Å². The van der Waals surface area contributed by atoms with Gasteiger partial charge in [-0.3, -0.25) is 4.99 Å². The van der Waals surface area contributed by atoms with Gasteiger partial charge in [-0.2, -0.15) is 0 Å². The lowest BCUT2D eigenvalue weighted by Crippen LogP contribution is -2.28. The first kappa shape index (κ1) is 12.6. The minimum absolute atomic E-state index is 0.259. The molecule has 1 aromatic carbocycles. The number of aliphatic imine (C=N–C) groups is 1.